The molecule has 0 radical (unpaired) electrons. The molecule has 2 heterocycles. The van der Waals surface area contributed by atoms with Gasteiger partial charge < -0.3 is 9.64 Å². The number of anilines is 1. The van der Waals surface area contributed by atoms with Crippen LogP contribution in [-0.4, -0.2) is 43.9 Å². The summed E-state index contributed by atoms with van der Waals surface area (Å²) in [5.41, 5.74) is 3.26. The Morgan fingerprint density at radius 1 is 0.966 bits per heavy atom. The third kappa shape index (κ3) is 6.03. The predicted octanol–water partition coefficient (Wildman–Crippen LogP) is 3.80. The van der Waals surface area contributed by atoms with Gasteiger partial charge in [0.15, 0.2) is 9.84 Å². The van der Waals surface area contributed by atoms with Crippen LogP contribution in [0.25, 0.3) is 0 Å². The first kappa shape index (κ1) is 21.8. The lowest BCUT2D eigenvalue weighted by molar-refractivity contribution is -0.00546. The number of benzene rings is 1. The molecule has 0 saturated carbocycles. The second-order valence-electron chi connectivity index (χ2n) is 8.36. The normalized spacial score (nSPS) is 20.2. The van der Waals surface area contributed by atoms with Gasteiger partial charge in [0.25, 0.3) is 0 Å². The Bertz CT molecular complexity index is 883. The highest BCUT2D eigenvalue weighted by atomic mass is 32.2. The van der Waals surface area contributed by atoms with Crippen molar-refractivity contribution in [3.8, 4) is 0 Å². The van der Waals surface area contributed by atoms with Gasteiger partial charge in [-0.1, -0.05) is 30.3 Å². The van der Waals surface area contributed by atoms with E-state index in [0.29, 0.717) is 0 Å². The molecule has 1 aliphatic heterocycles. The number of hydrogen-bond acceptors (Lipinski definition) is 5. The van der Waals surface area contributed by atoms with Gasteiger partial charge in [0, 0.05) is 19.3 Å². The molecule has 1 fully saturated rings. The summed E-state index contributed by atoms with van der Waals surface area (Å²) in [5.74, 6) is 1.11. The van der Waals surface area contributed by atoms with Crippen LogP contribution in [0, 0.1) is 0 Å². The molecule has 1 aromatic heterocycles. The van der Waals surface area contributed by atoms with Crippen LogP contribution in [0.5, 0.6) is 0 Å². The van der Waals surface area contributed by atoms with Gasteiger partial charge in [-0.3, -0.25) is 0 Å². The molecule has 0 spiro atoms. The van der Waals surface area contributed by atoms with Crippen LogP contribution >= 0.6 is 0 Å². The van der Waals surface area contributed by atoms with E-state index in [0.717, 1.165) is 37.3 Å². The summed E-state index contributed by atoms with van der Waals surface area (Å²) in [4.78, 5) is 6.94. The molecule has 158 valence electrons. The zero-order chi connectivity index (χ0) is 21.0. The van der Waals surface area contributed by atoms with Crippen LogP contribution in [0.2, 0.25) is 0 Å². The van der Waals surface area contributed by atoms with E-state index in [1.807, 2.05) is 30.5 Å². The molecule has 2 atom stereocenters. The number of hydrogen-bond donors (Lipinski definition) is 0. The van der Waals surface area contributed by atoms with Gasteiger partial charge in [0.2, 0.25) is 0 Å². The highest BCUT2D eigenvalue weighted by Gasteiger charge is 2.23. The summed E-state index contributed by atoms with van der Waals surface area (Å²) in [5, 5.41) is -0.346. The van der Waals surface area contributed by atoms with E-state index in [1.165, 1.54) is 11.1 Å². The highest BCUT2D eigenvalue weighted by Crippen LogP contribution is 2.19. The lowest BCUT2D eigenvalue weighted by atomic mass is 10.0. The number of aryl methyl sites for hydroxylation is 2. The Morgan fingerprint density at radius 3 is 2.07 bits per heavy atom. The van der Waals surface area contributed by atoms with Gasteiger partial charge in [-0.2, -0.15) is 0 Å². The minimum absolute atomic E-state index is 0.106. The summed E-state index contributed by atoms with van der Waals surface area (Å²) < 4.78 is 29.9. The van der Waals surface area contributed by atoms with Crippen LogP contribution in [0.4, 0.5) is 5.82 Å². The van der Waals surface area contributed by atoms with Gasteiger partial charge in [0.05, 0.1) is 23.2 Å². The monoisotopic (exact) mass is 416 g/mol. The van der Waals surface area contributed by atoms with Crippen molar-refractivity contribution in [2.75, 3.05) is 18.0 Å². The van der Waals surface area contributed by atoms with Crippen molar-refractivity contribution >= 4 is 15.7 Å². The summed E-state index contributed by atoms with van der Waals surface area (Å²) in [6.45, 7) is 9.39. The number of aromatic nitrogens is 1. The summed E-state index contributed by atoms with van der Waals surface area (Å²) in [6.07, 6.45) is 4.22. The Kier molecular flexibility index (Phi) is 6.96. The van der Waals surface area contributed by atoms with Crippen molar-refractivity contribution in [2.45, 2.75) is 63.7 Å². The van der Waals surface area contributed by atoms with Crippen LogP contribution in [0.15, 0.2) is 42.6 Å². The largest absolute Gasteiger partial charge is 0.372 e. The fourth-order valence-corrected chi connectivity index (χ4v) is 4.60. The van der Waals surface area contributed by atoms with Gasteiger partial charge in [-0.25, -0.2) is 13.4 Å². The molecule has 0 N–H and O–H groups in total. The molecule has 1 aromatic carbocycles. The summed E-state index contributed by atoms with van der Waals surface area (Å²) in [6, 6.07) is 12.2. The fourth-order valence-electron chi connectivity index (χ4n) is 3.61. The molecule has 6 heteroatoms. The minimum Gasteiger partial charge on any atom is -0.372 e. The molecular formula is C23H32N2O3S. The maximum Gasteiger partial charge on any atom is 0.156 e. The van der Waals surface area contributed by atoms with E-state index in [-0.39, 0.29) is 23.2 Å². The lowest BCUT2D eigenvalue weighted by Crippen LogP contribution is -2.45. The lowest BCUT2D eigenvalue weighted by Gasteiger charge is -2.36. The maximum atomic E-state index is 12.1. The Labute approximate surface area is 175 Å². The third-order valence-electron chi connectivity index (χ3n) is 5.36. The number of nitrogens with zero attached hydrogens (tertiary/aromatic N) is 2. The number of rotatable bonds is 7. The zero-order valence-corrected chi connectivity index (χ0v) is 18.7. The van der Waals surface area contributed by atoms with Crippen molar-refractivity contribution < 1.29 is 13.2 Å². The van der Waals surface area contributed by atoms with Crippen molar-refractivity contribution in [3.05, 3.63) is 59.3 Å². The maximum absolute atomic E-state index is 12.1. The van der Waals surface area contributed by atoms with Crippen LogP contribution < -0.4 is 4.90 Å². The number of sulfone groups is 1. The molecular weight excluding hydrogens is 384 g/mol. The average Bonchev–Trinajstić information content (AvgIpc) is 2.67. The second kappa shape index (κ2) is 9.26. The van der Waals surface area contributed by atoms with Crippen molar-refractivity contribution in [1.82, 2.24) is 4.98 Å². The Morgan fingerprint density at radius 2 is 1.52 bits per heavy atom. The number of ether oxygens (including phenoxy) is 1. The van der Waals surface area contributed by atoms with Gasteiger partial charge in [-0.15, -0.1) is 0 Å². The highest BCUT2D eigenvalue weighted by molar-refractivity contribution is 7.91. The minimum atomic E-state index is -3.06. The van der Waals surface area contributed by atoms with Crippen molar-refractivity contribution in [3.63, 3.8) is 0 Å². The van der Waals surface area contributed by atoms with E-state index in [4.69, 9.17) is 4.74 Å². The smallest absolute Gasteiger partial charge is 0.156 e. The van der Waals surface area contributed by atoms with Crippen molar-refractivity contribution in [2.24, 2.45) is 0 Å². The Hall–Kier alpha value is -1.92. The number of pyridine rings is 1. The molecule has 2 aromatic rings. The second-order valence-corrected chi connectivity index (χ2v) is 10.9. The average molecular weight is 417 g/mol. The molecule has 0 aliphatic carbocycles. The molecule has 5 nitrogen and oxygen atoms in total. The third-order valence-corrected chi connectivity index (χ3v) is 7.54. The van der Waals surface area contributed by atoms with Gasteiger partial charge in [-0.05, 0) is 63.3 Å². The summed E-state index contributed by atoms with van der Waals surface area (Å²) >= 11 is 0. The van der Waals surface area contributed by atoms with Crippen molar-refractivity contribution in [1.29, 1.82) is 0 Å². The van der Waals surface area contributed by atoms with E-state index in [2.05, 4.69) is 35.9 Å². The first-order valence-corrected chi connectivity index (χ1v) is 12.1. The zero-order valence-electron chi connectivity index (χ0n) is 17.8. The summed E-state index contributed by atoms with van der Waals surface area (Å²) in [7, 11) is -3.06. The van der Waals surface area contributed by atoms with Gasteiger partial charge in [0.1, 0.15) is 5.82 Å². The topological polar surface area (TPSA) is 59.5 Å². The van der Waals surface area contributed by atoms with E-state index >= 15 is 0 Å². The Balaban J connectivity index is 1.55. The molecule has 0 bridgehead atoms. The van der Waals surface area contributed by atoms with Crippen LogP contribution in [0.1, 0.15) is 44.4 Å². The first-order valence-electron chi connectivity index (χ1n) is 10.4. The van der Waals surface area contributed by atoms with Crippen LogP contribution in [-0.2, 0) is 33.2 Å². The molecule has 3 rings (SSSR count). The molecule has 1 aliphatic rings. The fraction of sp³-hybridized carbons (Fsp3) is 0.522. The van der Waals surface area contributed by atoms with E-state index in [1.54, 1.807) is 13.8 Å². The van der Waals surface area contributed by atoms with Gasteiger partial charge >= 0.3 is 0 Å². The van der Waals surface area contributed by atoms with E-state index < -0.39 is 9.84 Å². The molecule has 0 amide bonds. The predicted molar refractivity (Wildman–Crippen MR) is 118 cm³/mol. The molecule has 1 saturated heterocycles. The first-order chi connectivity index (χ1) is 13.7. The molecule has 0 unspecified atom stereocenters. The SMILES string of the molecule is CC(C)S(=O)(=O)Cc1ccc(CCc2ccc(N3C[C@@H](C)O[C@@H](C)C3)nc2)cc1. The number of morpholine rings is 1. The molecule has 29 heavy (non-hydrogen) atoms. The standard InChI is InChI=1S/C23H32N2O3S/c1-17(2)29(26,27)16-22-9-6-20(7-10-22)5-8-21-11-12-23(24-13-21)25-14-18(3)28-19(4)15-25/h6-7,9-13,17-19H,5,8,14-16H2,1-4H3/t18-,19+. The van der Waals surface area contributed by atoms with Crippen LogP contribution in [0.3, 0.4) is 0 Å². The van der Waals surface area contributed by atoms with E-state index in [9.17, 15) is 8.42 Å². The quantitative estimate of drug-likeness (QED) is 0.687.